The van der Waals surface area contributed by atoms with Crippen LogP contribution in [0.25, 0.3) is 11.1 Å². The maximum atomic E-state index is 13.6. The van der Waals surface area contributed by atoms with E-state index in [-0.39, 0.29) is 17.9 Å². The normalized spacial score (nSPS) is 18.1. The summed E-state index contributed by atoms with van der Waals surface area (Å²) < 4.78 is 5.52. The SMILES string of the molecule is COc1ccccc1-c1ccc(N(C[C@@H](N)CC(C)C)C(=O)[C@@H]2C[C@H]2c2ccccc2)cc1. The van der Waals surface area contributed by atoms with E-state index in [1.54, 1.807) is 7.11 Å². The van der Waals surface area contributed by atoms with Crippen molar-refractivity contribution in [3.05, 3.63) is 84.4 Å². The van der Waals surface area contributed by atoms with Crippen LogP contribution in [0.1, 0.15) is 38.2 Å². The Morgan fingerprint density at radius 1 is 1.00 bits per heavy atom. The highest BCUT2D eigenvalue weighted by Crippen LogP contribution is 2.49. The molecule has 3 atom stereocenters. The van der Waals surface area contributed by atoms with Crippen molar-refractivity contribution >= 4 is 11.6 Å². The Hall–Kier alpha value is -3.11. The fourth-order valence-corrected chi connectivity index (χ4v) is 4.68. The van der Waals surface area contributed by atoms with Gasteiger partial charge in [-0.3, -0.25) is 4.79 Å². The molecule has 3 aromatic rings. The lowest BCUT2D eigenvalue weighted by Gasteiger charge is -2.27. The first kappa shape index (κ1) is 23.1. The third-order valence-corrected chi connectivity index (χ3v) is 6.39. The van der Waals surface area contributed by atoms with Crippen molar-refractivity contribution in [2.24, 2.45) is 17.6 Å². The lowest BCUT2D eigenvalue weighted by Crippen LogP contribution is -2.42. The highest BCUT2D eigenvalue weighted by molar-refractivity contribution is 5.98. The second-order valence-electron chi connectivity index (χ2n) is 9.45. The second-order valence-corrected chi connectivity index (χ2v) is 9.45. The Morgan fingerprint density at radius 2 is 1.67 bits per heavy atom. The highest BCUT2D eigenvalue weighted by atomic mass is 16.5. The zero-order valence-electron chi connectivity index (χ0n) is 19.8. The quantitative estimate of drug-likeness (QED) is 0.451. The third-order valence-electron chi connectivity index (χ3n) is 6.39. The smallest absolute Gasteiger partial charge is 0.230 e. The summed E-state index contributed by atoms with van der Waals surface area (Å²) in [5.41, 5.74) is 10.7. The fraction of sp³-hybridized carbons (Fsp3) is 0.345. The number of nitrogens with two attached hydrogens (primary N) is 1. The lowest BCUT2D eigenvalue weighted by atomic mass is 10.0. The van der Waals surface area contributed by atoms with E-state index in [2.05, 4.69) is 38.1 Å². The summed E-state index contributed by atoms with van der Waals surface area (Å²) in [6, 6.07) is 26.4. The number of carbonyl (C=O) groups excluding carboxylic acids is 1. The maximum Gasteiger partial charge on any atom is 0.230 e. The van der Waals surface area contributed by atoms with Crippen LogP contribution in [0.2, 0.25) is 0 Å². The molecule has 0 aromatic heterocycles. The molecule has 1 aliphatic rings. The lowest BCUT2D eigenvalue weighted by molar-refractivity contribution is -0.120. The van der Waals surface area contributed by atoms with Gasteiger partial charge in [0.05, 0.1) is 7.11 Å². The number of benzene rings is 3. The van der Waals surface area contributed by atoms with E-state index in [9.17, 15) is 4.79 Å². The van der Waals surface area contributed by atoms with E-state index in [0.29, 0.717) is 18.4 Å². The van der Waals surface area contributed by atoms with Crippen molar-refractivity contribution in [2.75, 3.05) is 18.6 Å². The van der Waals surface area contributed by atoms with E-state index >= 15 is 0 Å². The van der Waals surface area contributed by atoms with Crippen LogP contribution in [-0.4, -0.2) is 25.6 Å². The molecule has 0 radical (unpaired) electrons. The molecule has 2 N–H and O–H groups in total. The number of ether oxygens (including phenoxy) is 1. The number of nitrogens with zero attached hydrogens (tertiary/aromatic N) is 1. The Morgan fingerprint density at radius 3 is 2.33 bits per heavy atom. The monoisotopic (exact) mass is 442 g/mol. The molecule has 1 amide bonds. The number of anilines is 1. The summed E-state index contributed by atoms with van der Waals surface area (Å²) in [6.45, 7) is 4.86. The summed E-state index contributed by atoms with van der Waals surface area (Å²) in [4.78, 5) is 15.5. The molecule has 0 heterocycles. The van der Waals surface area contributed by atoms with Gasteiger partial charge < -0.3 is 15.4 Å². The van der Waals surface area contributed by atoms with E-state index in [4.69, 9.17) is 10.5 Å². The number of para-hydroxylation sites is 1. The van der Waals surface area contributed by atoms with Gasteiger partial charge in [0.2, 0.25) is 5.91 Å². The Labute approximate surface area is 197 Å². The van der Waals surface area contributed by atoms with E-state index in [1.807, 2.05) is 59.5 Å². The summed E-state index contributed by atoms with van der Waals surface area (Å²) >= 11 is 0. The van der Waals surface area contributed by atoms with E-state index in [0.717, 1.165) is 35.4 Å². The predicted octanol–water partition coefficient (Wildman–Crippen LogP) is 5.87. The van der Waals surface area contributed by atoms with Crippen molar-refractivity contribution < 1.29 is 9.53 Å². The molecular formula is C29H34N2O2. The van der Waals surface area contributed by atoms with Crippen molar-refractivity contribution in [1.29, 1.82) is 0 Å². The molecule has 3 aromatic carbocycles. The number of carbonyl (C=O) groups is 1. The van der Waals surface area contributed by atoms with E-state index < -0.39 is 0 Å². The number of hydrogen-bond donors (Lipinski definition) is 1. The molecule has 4 rings (SSSR count). The predicted molar refractivity (Wildman–Crippen MR) is 136 cm³/mol. The largest absolute Gasteiger partial charge is 0.496 e. The molecule has 1 saturated carbocycles. The van der Waals surface area contributed by atoms with Gasteiger partial charge in [0.25, 0.3) is 0 Å². The van der Waals surface area contributed by atoms with Crippen molar-refractivity contribution in [3.8, 4) is 16.9 Å². The topological polar surface area (TPSA) is 55.6 Å². The first-order valence-electron chi connectivity index (χ1n) is 11.8. The van der Waals surface area contributed by atoms with Crippen molar-refractivity contribution in [2.45, 2.75) is 38.6 Å². The molecular weight excluding hydrogens is 408 g/mol. The molecule has 4 heteroatoms. The van der Waals surface area contributed by atoms with Crippen LogP contribution in [0.5, 0.6) is 5.75 Å². The minimum atomic E-state index is -0.0585. The van der Waals surface area contributed by atoms with Crippen molar-refractivity contribution in [3.63, 3.8) is 0 Å². The molecule has 1 aliphatic carbocycles. The first-order chi connectivity index (χ1) is 16.0. The minimum absolute atomic E-state index is 0.0209. The van der Waals surface area contributed by atoms with Gasteiger partial charge in [-0.05, 0) is 54.0 Å². The number of methoxy groups -OCH3 is 1. The molecule has 1 fully saturated rings. The molecule has 0 spiro atoms. The van der Waals surface area contributed by atoms with Gasteiger partial charge in [0.1, 0.15) is 5.75 Å². The van der Waals surface area contributed by atoms with Crippen LogP contribution in [-0.2, 0) is 4.79 Å². The summed E-state index contributed by atoms with van der Waals surface area (Å²) in [7, 11) is 1.68. The molecule has 0 saturated heterocycles. The van der Waals surface area contributed by atoms with Crippen LogP contribution in [0.3, 0.4) is 0 Å². The molecule has 0 unspecified atom stereocenters. The van der Waals surface area contributed by atoms with Gasteiger partial charge in [0.15, 0.2) is 0 Å². The molecule has 33 heavy (non-hydrogen) atoms. The van der Waals surface area contributed by atoms with Gasteiger partial charge in [-0.1, -0.05) is 74.5 Å². The fourth-order valence-electron chi connectivity index (χ4n) is 4.68. The van der Waals surface area contributed by atoms with Gasteiger partial charge in [-0.15, -0.1) is 0 Å². The summed E-state index contributed by atoms with van der Waals surface area (Å²) in [6.07, 6.45) is 1.79. The molecule has 0 aliphatic heterocycles. The molecule has 4 nitrogen and oxygen atoms in total. The number of hydrogen-bond acceptors (Lipinski definition) is 3. The average Bonchev–Trinajstić information content (AvgIpc) is 3.63. The average molecular weight is 443 g/mol. The third kappa shape index (κ3) is 5.45. The number of rotatable bonds is 9. The van der Waals surface area contributed by atoms with Crippen LogP contribution < -0.4 is 15.4 Å². The molecule has 172 valence electrons. The Balaban J connectivity index is 1.57. The van der Waals surface area contributed by atoms with Gasteiger partial charge in [-0.2, -0.15) is 0 Å². The van der Waals surface area contributed by atoms with Gasteiger partial charge in [-0.25, -0.2) is 0 Å². The highest BCUT2D eigenvalue weighted by Gasteiger charge is 2.46. The number of amides is 1. The first-order valence-corrected chi connectivity index (χ1v) is 11.8. The van der Waals surface area contributed by atoms with Crippen LogP contribution in [0, 0.1) is 11.8 Å². The van der Waals surface area contributed by atoms with Crippen LogP contribution in [0.15, 0.2) is 78.9 Å². The van der Waals surface area contributed by atoms with Crippen LogP contribution >= 0.6 is 0 Å². The second kappa shape index (κ2) is 10.2. The minimum Gasteiger partial charge on any atom is -0.496 e. The maximum absolute atomic E-state index is 13.6. The zero-order valence-corrected chi connectivity index (χ0v) is 19.8. The van der Waals surface area contributed by atoms with Crippen molar-refractivity contribution in [1.82, 2.24) is 0 Å². The summed E-state index contributed by atoms with van der Waals surface area (Å²) in [5, 5.41) is 0. The van der Waals surface area contributed by atoms with Gasteiger partial charge >= 0.3 is 0 Å². The van der Waals surface area contributed by atoms with Gasteiger partial charge in [0, 0.05) is 29.8 Å². The Kier molecular flexibility index (Phi) is 7.14. The van der Waals surface area contributed by atoms with E-state index in [1.165, 1.54) is 5.56 Å². The van der Waals surface area contributed by atoms with Crippen LogP contribution in [0.4, 0.5) is 5.69 Å². The standard InChI is InChI=1S/C29H34N2O2/c1-20(2)17-23(30)19-31(29(32)27-18-26(27)21-9-5-4-6-10-21)24-15-13-22(14-16-24)25-11-7-8-12-28(25)33-3/h4-16,20,23,26-27H,17-19,30H2,1-3H3/t23-,26-,27+/m0/s1. The summed E-state index contributed by atoms with van der Waals surface area (Å²) in [5.74, 6) is 1.82. The Bertz CT molecular complexity index is 1060. The zero-order chi connectivity index (χ0) is 23.4. The molecule has 0 bridgehead atoms.